The van der Waals surface area contributed by atoms with Gasteiger partial charge in [0.1, 0.15) is 5.82 Å². The normalized spacial score (nSPS) is 21.8. The number of pyridine rings is 1. The third-order valence-electron chi connectivity index (χ3n) is 5.88. The molecule has 1 saturated heterocycles. The lowest BCUT2D eigenvalue weighted by molar-refractivity contribution is -0.140. The molecule has 0 bridgehead atoms. The van der Waals surface area contributed by atoms with Gasteiger partial charge < -0.3 is 15.0 Å². The van der Waals surface area contributed by atoms with Crippen molar-refractivity contribution in [3.8, 4) is 11.3 Å². The van der Waals surface area contributed by atoms with Crippen LogP contribution in [0.1, 0.15) is 36.0 Å². The van der Waals surface area contributed by atoms with E-state index in [9.17, 15) is 14.0 Å². The van der Waals surface area contributed by atoms with Crippen LogP contribution in [0, 0.1) is 11.7 Å². The minimum absolute atomic E-state index is 0.0449. The Morgan fingerprint density at radius 1 is 1.07 bits per heavy atom. The molecule has 1 N–H and O–H groups in total. The van der Waals surface area contributed by atoms with Gasteiger partial charge in [-0.15, -0.1) is 0 Å². The van der Waals surface area contributed by atoms with Crippen LogP contribution in [0.3, 0.4) is 0 Å². The minimum Gasteiger partial charge on any atom is -0.378 e. The SMILES string of the molecule is O=C(N[C@H]1CC[C@H](C(=O)N2CCOCC2)CC1)c1ccc(-c2cccc(F)c2)nc1. The Morgan fingerprint density at radius 3 is 2.50 bits per heavy atom. The molecule has 2 aliphatic rings. The largest absolute Gasteiger partial charge is 0.378 e. The number of carbonyl (C=O) groups excluding carboxylic acids is 2. The summed E-state index contributed by atoms with van der Waals surface area (Å²) in [5.41, 5.74) is 1.76. The van der Waals surface area contributed by atoms with E-state index in [0.717, 1.165) is 25.7 Å². The topological polar surface area (TPSA) is 71.5 Å². The van der Waals surface area contributed by atoms with Gasteiger partial charge in [-0.2, -0.15) is 0 Å². The van der Waals surface area contributed by atoms with Crippen LogP contribution in [0.25, 0.3) is 11.3 Å². The van der Waals surface area contributed by atoms with E-state index in [2.05, 4.69) is 10.3 Å². The number of carbonyl (C=O) groups is 2. The number of aromatic nitrogens is 1. The van der Waals surface area contributed by atoms with E-state index in [1.807, 2.05) is 4.90 Å². The molecule has 7 heteroatoms. The summed E-state index contributed by atoms with van der Waals surface area (Å²) >= 11 is 0. The molecule has 2 amide bonds. The molecule has 1 aromatic heterocycles. The molecule has 1 aromatic carbocycles. The number of benzene rings is 1. The van der Waals surface area contributed by atoms with E-state index in [1.54, 1.807) is 24.3 Å². The molecule has 2 aromatic rings. The third-order valence-corrected chi connectivity index (χ3v) is 5.88. The van der Waals surface area contributed by atoms with Gasteiger partial charge in [-0.05, 0) is 49.9 Å². The molecule has 1 aliphatic carbocycles. The summed E-state index contributed by atoms with van der Waals surface area (Å²) in [7, 11) is 0. The fourth-order valence-electron chi connectivity index (χ4n) is 4.14. The lowest BCUT2D eigenvalue weighted by Crippen LogP contribution is -2.46. The van der Waals surface area contributed by atoms with Gasteiger partial charge in [0.05, 0.1) is 24.5 Å². The second kappa shape index (κ2) is 9.34. The first kappa shape index (κ1) is 20.5. The van der Waals surface area contributed by atoms with E-state index in [4.69, 9.17) is 4.74 Å². The summed E-state index contributed by atoms with van der Waals surface area (Å²) in [6.45, 7) is 2.58. The van der Waals surface area contributed by atoms with Gasteiger partial charge >= 0.3 is 0 Å². The van der Waals surface area contributed by atoms with Gasteiger partial charge in [0.25, 0.3) is 5.91 Å². The summed E-state index contributed by atoms with van der Waals surface area (Å²) in [6.07, 6.45) is 4.68. The molecule has 0 unspecified atom stereocenters. The van der Waals surface area contributed by atoms with Crippen molar-refractivity contribution in [3.63, 3.8) is 0 Å². The Kier molecular flexibility index (Phi) is 6.38. The lowest BCUT2D eigenvalue weighted by Gasteiger charge is -2.34. The summed E-state index contributed by atoms with van der Waals surface area (Å²) < 4.78 is 18.7. The third kappa shape index (κ3) is 4.84. The van der Waals surface area contributed by atoms with Crippen LogP contribution in [-0.4, -0.2) is 54.0 Å². The van der Waals surface area contributed by atoms with Gasteiger partial charge in [0, 0.05) is 36.8 Å². The number of hydrogen-bond acceptors (Lipinski definition) is 4. The standard InChI is InChI=1S/C23H26FN3O3/c24-19-3-1-2-17(14-19)21-9-6-18(15-25-21)22(28)26-20-7-4-16(5-8-20)23(29)27-10-12-30-13-11-27/h1-3,6,9,14-16,20H,4-5,7-8,10-13H2,(H,26,28)/t16-,20-. The van der Waals surface area contributed by atoms with Gasteiger partial charge in [-0.25, -0.2) is 4.39 Å². The highest BCUT2D eigenvalue weighted by Gasteiger charge is 2.30. The number of nitrogens with one attached hydrogen (secondary N) is 1. The van der Waals surface area contributed by atoms with Gasteiger partial charge in [0.15, 0.2) is 0 Å². The van der Waals surface area contributed by atoms with E-state index >= 15 is 0 Å². The van der Waals surface area contributed by atoms with Crippen molar-refractivity contribution in [2.45, 2.75) is 31.7 Å². The average Bonchev–Trinajstić information content (AvgIpc) is 2.80. The number of ether oxygens (including phenoxy) is 1. The number of amides is 2. The first-order chi connectivity index (χ1) is 14.6. The molecule has 0 radical (unpaired) electrons. The molecule has 4 rings (SSSR count). The summed E-state index contributed by atoms with van der Waals surface area (Å²) in [5, 5.41) is 3.06. The van der Waals surface area contributed by atoms with Crippen molar-refractivity contribution >= 4 is 11.8 Å². The van der Waals surface area contributed by atoms with E-state index in [-0.39, 0.29) is 29.6 Å². The number of morpholine rings is 1. The van der Waals surface area contributed by atoms with Crippen LogP contribution in [-0.2, 0) is 9.53 Å². The van der Waals surface area contributed by atoms with Crippen molar-refractivity contribution < 1.29 is 18.7 Å². The van der Waals surface area contributed by atoms with E-state index in [0.29, 0.717) is 43.1 Å². The highest BCUT2D eigenvalue weighted by molar-refractivity contribution is 5.94. The Morgan fingerprint density at radius 2 is 1.83 bits per heavy atom. The molecule has 0 spiro atoms. The summed E-state index contributed by atoms with van der Waals surface area (Å²) in [6, 6.07) is 9.70. The zero-order valence-corrected chi connectivity index (χ0v) is 16.9. The highest BCUT2D eigenvalue weighted by atomic mass is 19.1. The van der Waals surface area contributed by atoms with Crippen molar-refractivity contribution in [1.29, 1.82) is 0 Å². The molecule has 30 heavy (non-hydrogen) atoms. The summed E-state index contributed by atoms with van der Waals surface area (Å²) in [5.74, 6) is -0.223. The molecular formula is C23H26FN3O3. The molecule has 0 atom stereocenters. The predicted octanol–water partition coefficient (Wildman–Crippen LogP) is 3.04. The zero-order chi connectivity index (χ0) is 20.9. The average molecular weight is 411 g/mol. The minimum atomic E-state index is -0.321. The molecule has 1 aliphatic heterocycles. The monoisotopic (exact) mass is 411 g/mol. The maximum absolute atomic E-state index is 13.4. The zero-order valence-electron chi connectivity index (χ0n) is 16.9. The van der Waals surface area contributed by atoms with Crippen molar-refractivity contribution in [1.82, 2.24) is 15.2 Å². The van der Waals surface area contributed by atoms with Gasteiger partial charge in [-0.3, -0.25) is 14.6 Å². The summed E-state index contributed by atoms with van der Waals surface area (Å²) in [4.78, 5) is 31.4. The maximum atomic E-state index is 13.4. The maximum Gasteiger partial charge on any atom is 0.253 e. The molecule has 1 saturated carbocycles. The lowest BCUT2D eigenvalue weighted by atomic mass is 9.85. The van der Waals surface area contributed by atoms with Gasteiger partial charge in [0.2, 0.25) is 5.91 Å². The van der Waals surface area contributed by atoms with Crippen LogP contribution in [0.15, 0.2) is 42.6 Å². The number of halogens is 1. The fourth-order valence-corrected chi connectivity index (χ4v) is 4.14. The Hall–Kier alpha value is -2.80. The van der Waals surface area contributed by atoms with E-state index in [1.165, 1.54) is 18.3 Å². The predicted molar refractivity (Wildman–Crippen MR) is 110 cm³/mol. The molecular weight excluding hydrogens is 385 g/mol. The second-order valence-electron chi connectivity index (χ2n) is 7.90. The second-order valence-corrected chi connectivity index (χ2v) is 7.90. The first-order valence-corrected chi connectivity index (χ1v) is 10.5. The fraction of sp³-hybridized carbons (Fsp3) is 0.435. The Bertz CT molecular complexity index is 889. The Balaban J connectivity index is 1.29. The van der Waals surface area contributed by atoms with E-state index < -0.39 is 0 Å². The number of rotatable bonds is 4. The van der Waals surface area contributed by atoms with Crippen LogP contribution in [0.5, 0.6) is 0 Å². The van der Waals surface area contributed by atoms with Crippen molar-refractivity contribution in [2.24, 2.45) is 5.92 Å². The van der Waals surface area contributed by atoms with Gasteiger partial charge in [-0.1, -0.05) is 12.1 Å². The van der Waals surface area contributed by atoms with Crippen molar-refractivity contribution in [3.05, 3.63) is 54.0 Å². The highest BCUT2D eigenvalue weighted by Crippen LogP contribution is 2.27. The molecule has 2 heterocycles. The van der Waals surface area contributed by atoms with Crippen LogP contribution in [0.2, 0.25) is 0 Å². The van der Waals surface area contributed by atoms with Crippen LogP contribution >= 0.6 is 0 Å². The van der Waals surface area contributed by atoms with Crippen molar-refractivity contribution in [2.75, 3.05) is 26.3 Å². The molecule has 6 nitrogen and oxygen atoms in total. The number of hydrogen-bond donors (Lipinski definition) is 1. The number of nitrogens with zero attached hydrogens (tertiary/aromatic N) is 2. The molecule has 2 fully saturated rings. The smallest absolute Gasteiger partial charge is 0.253 e. The Labute approximate surface area is 175 Å². The quantitative estimate of drug-likeness (QED) is 0.840. The first-order valence-electron chi connectivity index (χ1n) is 10.5. The van der Waals surface area contributed by atoms with Crippen LogP contribution in [0.4, 0.5) is 4.39 Å². The van der Waals surface area contributed by atoms with Crippen LogP contribution < -0.4 is 5.32 Å². The molecule has 158 valence electrons.